The molecule has 1 aromatic rings. The van der Waals surface area contributed by atoms with E-state index in [9.17, 15) is 10.1 Å². The van der Waals surface area contributed by atoms with Gasteiger partial charge in [0, 0.05) is 17.8 Å². The van der Waals surface area contributed by atoms with Gasteiger partial charge in [-0.05, 0) is 19.3 Å². The summed E-state index contributed by atoms with van der Waals surface area (Å²) in [6.07, 6.45) is 2.65. The minimum absolute atomic E-state index is 0.126. The van der Waals surface area contributed by atoms with E-state index in [0.29, 0.717) is 23.3 Å². The average Bonchev–Trinajstić information content (AvgIpc) is 2.85. The van der Waals surface area contributed by atoms with E-state index in [1.54, 1.807) is 6.92 Å². The summed E-state index contributed by atoms with van der Waals surface area (Å²) in [7, 11) is 0. The summed E-state index contributed by atoms with van der Waals surface area (Å²) in [5.41, 5.74) is 0.718. The van der Waals surface area contributed by atoms with E-state index in [1.807, 2.05) is 0 Å². The fourth-order valence-electron chi connectivity index (χ4n) is 1.50. The van der Waals surface area contributed by atoms with Crippen LogP contribution in [0.5, 0.6) is 0 Å². The molecule has 0 radical (unpaired) electrons. The van der Waals surface area contributed by atoms with Gasteiger partial charge in [-0.2, -0.15) is 0 Å². The molecular weight excluding hydrogens is 194 g/mol. The zero-order valence-corrected chi connectivity index (χ0v) is 8.73. The van der Waals surface area contributed by atoms with Crippen molar-refractivity contribution in [2.24, 2.45) is 5.92 Å². The molecule has 15 heavy (non-hydrogen) atoms. The first kappa shape index (κ1) is 9.89. The van der Waals surface area contributed by atoms with Gasteiger partial charge in [-0.3, -0.25) is 10.1 Å². The highest BCUT2D eigenvalue weighted by Gasteiger charge is 2.32. The van der Waals surface area contributed by atoms with Gasteiger partial charge in [0.25, 0.3) is 5.69 Å². The van der Waals surface area contributed by atoms with Gasteiger partial charge >= 0.3 is 0 Å². The average molecular weight is 207 g/mol. The summed E-state index contributed by atoms with van der Waals surface area (Å²) < 4.78 is 0. The van der Waals surface area contributed by atoms with Gasteiger partial charge in [-0.25, -0.2) is 4.98 Å². The smallest absolute Gasteiger partial charge is 0.277 e. The van der Waals surface area contributed by atoms with Gasteiger partial charge in [0.15, 0.2) is 0 Å². The standard InChI is InChI=1S/C10H13N3O2/c1-6-3-8(6)12-10-4-9(13(14)15)7(2)5-11-10/h4-6,8H,3H2,1-2H3,(H,11,12). The molecular formula is C10H13N3O2. The van der Waals surface area contributed by atoms with Gasteiger partial charge < -0.3 is 5.32 Å². The number of aryl methyl sites for hydroxylation is 1. The number of rotatable bonds is 3. The lowest BCUT2D eigenvalue weighted by Crippen LogP contribution is -2.06. The lowest BCUT2D eigenvalue weighted by atomic mass is 10.2. The maximum atomic E-state index is 10.7. The number of pyridine rings is 1. The molecule has 1 aliphatic rings. The van der Waals surface area contributed by atoms with Crippen LogP contribution in [0.1, 0.15) is 18.9 Å². The van der Waals surface area contributed by atoms with E-state index in [0.717, 1.165) is 6.42 Å². The number of aromatic nitrogens is 1. The van der Waals surface area contributed by atoms with Gasteiger partial charge in [0.2, 0.25) is 0 Å². The van der Waals surface area contributed by atoms with Crippen LogP contribution < -0.4 is 5.32 Å². The highest BCUT2D eigenvalue weighted by molar-refractivity contribution is 5.50. The fourth-order valence-corrected chi connectivity index (χ4v) is 1.50. The molecule has 0 aromatic carbocycles. The minimum atomic E-state index is -0.376. The third kappa shape index (κ3) is 2.06. The Labute approximate surface area is 87.7 Å². The predicted octanol–water partition coefficient (Wildman–Crippen LogP) is 2.12. The normalized spacial score (nSPS) is 23.6. The highest BCUT2D eigenvalue weighted by Crippen LogP contribution is 2.33. The third-order valence-electron chi connectivity index (χ3n) is 2.71. The fraction of sp³-hybridized carbons (Fsp3) is 0.500. The molecule has 2 unspecified atom stereocenters. The maximum absolute atomic E-state index is 10.7. The van der Waals surface area contributed by atoms with Gasteiger partial charge in [0.05, 0.1) is 11.0 Å². The maximum Gasteiger partial charge on any atom is 0.277 e. The largest absolute Gasteiger partial charge is 0.367 e. The Kier molecular flexibility index (Phi) is 2.30. The van der Waals surface area contributed by atoms with Crippen LogP contribution in [0.2, 0.25) is 0 Å². The monoisotopic (exact) mass is 207 g/mol. The Hall–Kier alpha value is -1.65. The molecule has 5 nitrogen and oxygen atoms in total. The summed E-state index contributed by atoms with van der Waals surface area (Å²) in [5.74, 6) is 1.24. The Morgan fingerprint density at radius 1 is 1.67 bits per heavy atom. The van der Waals surface area contributed by atoms with Crippen LogP contribution in [0.4, 0.5) is 11.5 Å². The Bertz CT molecular complexity index is 406. The number of hydrogen-bond donors (Lipinski definition) is 1. The second-order valence-electron chi connectivity index (χ2n) is 4.08. The molecule has 1 fully saturated rings. The van der Waals surface area contributed by atoms with E-state index in [-0.39, 0.29) is 10.6 Å². The van der Waals surface area contributed by atoms with Crippen molar-refractivity contribution in [1.29, 1.82) is 0 Å². The number of anilines is 1. The minimum Gasteiger partial charge on any atom is -0.367 e. The first-order valence-corrected chi connectivity index (χ1v) is 4.95. The molecule has 5 heteroatoms. The van der Waals surface area contributed by atoms with Crippen molar-refractivity contribution < 1.29 is 4.92 Å². The molecule has 2 rings (SSSR count). The topological polar surface area (TPSA) is 68.1 Å². The van der Waals surface area contributed by atoms with E-state index in [1.165, 1.54) is 12.3 Å². The molecule has 0 bridgehead atoms. The van der Waals surface area contributed by atoms with Crippen molar-refractivity contribution in [2.75, 3.05) is 5.32 Å². The number of nitrogens with zero attached hydrogens (tertiary/aromatic N) is 2. The molecule has 1 N–H and O–H groups in total. The molecule has 1 saturated carbocycles. The van der Waals surface area contributed by atoms with Crippen molar-refractivity contribution in [3.8, 4) is 0 Å². The summed E-state index contributed by atoms with van der Waals surface area (Å²) in [4.78, 5) is 14.4. The Morgan fingerprint density at radius 2 is 2.33 bits per heavy atom. The van der Waals surface area contributed by atoms with Crippen molar-refractivity contribution in [3.63, 3.8) is 0 Å². The van der Waals surface area contributed by atoms with Crippen LogP contribution in [0.15, 0.2) is 12.3 Å². The molecule has 2 atom stereocenters. The highest BCUT2D eigenvalue weighted by atomic mass is 16.6. The number of nitrogens with one attached hydrogen (secondary N) is 1. The van der Waals surface area contributed by atoms with E-state index < -0.39 is 0 Å². The SMILES string of the molecule is Cc1cnc(NC2CC2C)cc1[N+](=O)[O-]. The van der Waals surface area contributed by atoms with Crippen LogP contribution in [0.3, 0.4) is 0 Å². The molecule has 1 heterocycles. The van der Waals surface area contributed by atoms with Crippen molar-refractivity contribution >= 4 is 11.5 Å². The second-order valence-corrected chi connectivity index (χ2v) is 4.08. The molecule has 0 spiro atoms. The summed E-state index contributed by atoms with van der Waals surface area (Å²) >= 11 is 0. The zero-order chi connectivity index (χ0) is 11.0. The second kappa shape index (κ2) is 3.49. The molecule has 0 saturated heterocycles. The summed E-state index contributed by atoms with van der Waals surface area (Å²) in [5, 5.41) is 13.9. The molecule has 80 valence electrons. The molecule has 1 aliphatic carbocycles. The quantitative estimate of drug-likeness (QED) is 0.608. The first-order valence-electron chi connectivity index (χ1n) is 4.95. The molecule has 0 amide bonds. The van der Waals surface area contributed by atoms with Gasteiger partial charge in [-0.1, -0.05) is 6.92 Å². The van der Waals surface area contributed by atoms with Gasteiger partial charge in [-0.15, -0.1) is 0 Å². The number of nitro groups is 1. The van der Waals surface area contributed by atoms with Gasteiger partial charge in [0.1, 0.15) is 5.82 Å². The Morgan fingerprint density at radius 3 is 2.87 bits per heavy atom. The van der Waals surface area contributed by atoms with Crippen molar-refractivity contribution in [1.82, 2.24) is 4.98 Å². The molecule has 1 aromatic heterocycles. The first-order chi connectivity index (χ1) is 7.08. The zero-order valence-electron chi connectivity index (χ0n) is 8.73. The van der Waals surface area contributed by atoms with Crippen LogP contribution in [0.25, 0.3) is 0 Å². The van der Waals surface area contributed by atoms with Crippen LogP contribution in [0, 0.1) is 23.0 Å². The molecule has 0 aliphatic heterocycles. The lowest BCUT2D eigenvalue weighted by Gasteiger charge is -2.04. The van der Waals surface area contributed by atoms with E-state index >= 15 is 0 Å². The van der Waals surface area contributed by atoms with Crippen molar-refractivity contribution in [3.05, 3.63) is 27.9 Å². The van der Waals surface area contributed by atoms with E-state index in [4.69, 9.17) is 0 Å². The Balaban J connectivity index is 2.18. The predicted molar refractivity (Wildman–Crippen MR) is 56.8 cm³/mol. The van der Waals surface area contributed by atoms with Crippen molar-refractivity contribution in [2.45, 2.75) is 26.3 Å². The third-order valence-corrected chi connectivity index (χ3v) is 2.71. The summed E-state index contributed by atoms with van der Waals surface area (Å²) in [6.45, 7) is 3.83. The number of hydrogen-bond acceptors (Lipinski definition) is 4. The van der Waals surface area contributed by atoms with Crippen LogP contribution in [-0.4, -0.2) is 15.9 Å². The van der Waals surface area contributed by atoms with E-state index in [2.05, 4.69) is 17.2 Å². The summed E-state index contributed by atoms with van der Waals surface area (Å²) in [6, 6.07) is 1.93. The van der Waals surface area contributed by atoms with Crippen LogP contribution >= 0.6 is 0 Å². The van der Waals surface area contributed by atoms with Crippen LogP contribution in [-0.2, 0) is 0 Å². The lowest BCUT2D eigenvalue weighted by molar-refractivity contribution is -0.385.